The van der Waals surface area contributed by atoms with Gasteiger partial charge in [-0.15, -0.1) is 0 Å². The first kappa shape index (κ1) is 13.8. The lowest BCUT2D eigenvalue weighted by molar-refractivity contribution is -0.301. The number of hydrogen-bond donors (Lipinski definition) is 1. The van der Waals surface area contributed by atoms with Crippen molar-refractivity contribution >= 4 is 16.8 Å². The minimum Gasteiger partial charge on any atom is -0.351 e. The zero-order chi connectivity index (χ0) is 15.4. The fourth-order valence-electron chi connectivity index (χ4n) is 3.19. The Kier molecular flexibility index (Phi) is 2.86. The predicted molar refractivity (Wildman–Crippen MR) is 82.6 cm³/mol. The summed E-state index contributed by atoms with van der Waals surface area (Å²) < 4.78 is 11.5. The lowest BCUT2D eigenvalue weighted by atomic mass is 9.80. The number of ether oxygens (including phenoxy) is 2. The Hall–Kier alpha value is -1.85. The van der Waals surface area contributed by atoms with Crippen LogP contribution in [0.3, 0.4) is 0 Å². The van der Waals surface area contributed by atoms with Gasteiger partial charge in [-0.05, 0) is 26.0 Å². The number of likely N-dealkylation sites (tertiary alicyclic amines) is 1. The maximum Gasteiger partial charge on any atom is 0.270 e. The summed E-state index contributed by atoms with van der Waals surface area (Å²) in [5, 5.41) is 1.06. The van der Waals surface area contributed by atoms with E-state index in [1.807, 2.05) is 49.1 Å². The number of para-hydroxylation sites is 1. The van der Waals surface area contributed by atoms with Crippen LogP contribution in [-0.4, -0.2) is 47.9 Å². The third-order valence-electron chi connectivity index (χ3n) is 4.55. The van der Waals surface area contributed by atoms with Crippen molar-refractivity contribution in [3.63, 3.8) is 0 Å². The van der Waals surface area contributed by atoms with Crippen LogP contribution in [0.2, 0.25) is 0 Å². The summed E-state index contributed by atoms with van der Waals surface area (Å²) in [5.41, 5.74) is 1.61. The topological polar surface area (TPSA) is 54.6 Å². The van der Waals surface area contributed by atoms with E-state index in [4.69, 9.17) is 9.47 Å². The van der Waals surface area contributed by atoms with Gasteiger partial charge in [-0.25, -0.2) is 0 Å². The fraction of sp³-hybridized carbons (Fsp3) is 0.471. The smallest absolute Gasteiger partial charge is 0.270 e. The number of rotatable bonds is 1. The first-order valence-electron chi connectivity index (χ1n) is 7.61. The second kappa shape index (κ2) is 4.57. The lowest BCUT2D eigenvalue weighted by Crippen LogP contribution is -2.65. The molecular weight excluding hydrogens is 280 g/mol. The van der Waals surface area contributed by atoms with Crippen molar-refractivity contribution in [1.29, 1.82) is 0 Å². The van der Waals surface area contributed by atoms with Gasteiger partial charge in [0, 0.05) is 24.0 Å². The summed E-state index contributed by atoms with van der Waals surface area (Å²) in [5.74, 6) is -0.459. The number of fused-ring (bicyclic) bond motifs is 1. The molecule has 1 spiro atoms. The molecule has 1 N–H and O–H groups in total. The first-order valence-corrected chi connectivity index (χ1v) is 7.61. The molecule has 2 fully saturated rings. The van der Waals surface area contributed by atoms with Crippen LogP contribution in [0.1, 0.15) is 24.3 Å². The number of benzene rings is 1. The Morgan fingerprint density at radius 3 is 2.55 bits per heavy atom. The Morgan fingerprint density at radius 2 is 1.86 bits per heavy atom. The van der Waals surface area contributed by atoms with Crippen molar-refractivity contribution in [1.82, 2.24) is 9.88 Å². The number of carbonyl (C=O) groups excluding carboxylic acids is 1. The number of carbonyl (C=O) groups is 1. The molecule has 1 amide bonds. The minimum absolute atomic E-state index is 0.0306. The van der Waals surface area contributed by atoms with Crippen LogP contribution in [0.4, 0.5) is 0 Å². The van der Waals surface area contributed by atoms with Gasteiger partial charge in [-0.1, -0.05) is 18.2 Å². The normalized spacial score (nSPS) is 22.7. The van der Waals surface area contributed by atoms with Gasteiger partial charge in [0.05, 0.1) is 18.6 Å². The zero-order valence-corrected chi connectivity index (χ0v) is 12.9. The van der Waals surface area contributed by atoms with Crippen LogP contribution >= 0.6 is 0 Å². The van der Waals surface area contributed by atoms with Crippen molar-refractivity contribution in [2.45, 2.75) is 19.6 Å². The van der Waals surface area contributed by atoms with E-state index in [2.05, 4.69) is 4.98 Å². The van der Waals surface area contributed by atoms with E-state index in [1.54, 1.807) is 0 Å². The third-order valence-corrected chi connectivity index (χ3v) is 4.55. The average molecular weight is 300 g/mol. The molecule has 22 heavy (non-hydrogen) atoms. The zero-order valence-electron chi connectivity index (χ0n) is 12.9. The molecule has 4 rings (SSSR count). The Balaban J connectivity index is 1.45. The summed E-state index contributed by atoms with van der Waals surface area (Å²) in [6.45, 7) is 6.53. The largest absolute Gasteiger partial charge is 0.351 e. The molecule has 0 unspecified atom stereocenters. The van der Waals surface area contributed by atoms with Crippen LogP contribution in [0.5, 0.6) is 0 Å². The molecule has 2 aliphatic heterocycles. The van der Waals surface area contributed by atoms with Crippen LogP contribution < -0.4 is 0 Å². The average Bonchev–Trinajstić information content (AvgIpc) is 2.89. The van der Waals surface area contributed by atoms with Crippen LogP contribution in [0, 0.1) is 5.41 Å². The summed E-state index contributed by atoms with van der Waals surface area (Å²) in [6.07, 6.45) is 0. The molecule has 1 aromatic heterocycles. The van der Waals surface area contributed by atoms with Gasteiger partial charge in [0.25, 0.3) is 5.91 Å². The maximum atomic E-state index is 12.6. The van der Waals surface area contributed by atoms with Crippen LogP contribution in [0.15, 0.2) is 30.3 Å². The number of amides is 1. The first-order chi connectivity index (χ1) is 10.5. The van der Waals surface area contributed by atoms with E-state index >= 15 is 0 Å². The number of hydrogen-bond acceptors (Lipinski definition) is 3. The molecule has 5 heteroatoms. The molecule has 2 aromatic rings. The quantitative estimate of drug-likeness (QED) is 0.880. The van der Waals surface area contributed by atoms with Crippen molar-refractivity contribution in [2.24, 2.45) is 5.41 Å². The molecule has 0 bridgehead atoms. The van der Waals surface area contributed by atoms with Gasteiger partial charge in [-0.2, -0.15) is 0 Å². The molecule has 5 nitrogen and oxygen atoms in total. The third kappa shape index (κ3) is 2.21. The fourth-order valence-corrected chi connectivity index (χ4v) is 3.19. The molecule has 116 valence electrons. The van der Waals surface area contributed by atoms with Gasteiger partial charge in [-0.3, -0.25) is 4.79 Å². The molecule has 3 heterocycles. The molecule has 0 radical (unpaired) electrons. The Bertz CT molecular complexity index is 683. The van der Waals surface area contributed by atoms with Crippen molar-refractivity contribution in [3.8, 4) is 0 Å². The highest BCUT2D eigenvalue weighted by Gasteiger charge is 2.50. The number of aromatic amines is 1. The summed E-state index contributed by atoms with van der Waals surface area (Å²) >= 11 is 0. The summed E-state index contributed by atoms with van der Waals surface area (Å²) in [7, 11) is 0. The van der Waals surface area contributed by atoms with Gasteiger partial charge in [0.15, 0.2) is 5.79 Å². The van der Waals surface area contributed by atoms with Gasteiger partial charge in [0.1, 0.15) is 5.69 Å². The lowest BCUT2D eigenvalue weighted by Gasteiger charge is -2.53. The monoisotopic (exact) mass is 300 g/mol. The number of H-pyrrole nitrogens is 1. The molecule has 0 aliphatic carbocycles. The molecule has 1 aromatic carbocycles. The SMILES string of the molecule is CC1(C)OCC2(CO1)CN(C(=O)c1cc3ccccc3[nH]1)C2. The van der Waals surface area contributed by atoms with E-state index in [0.717, 1.165) is 10.9 Å². The number of nitrogens with zero attached hydrogens (tertiary/aromatic N) is 1. The predicted octanol–water partition coefficient (Wildman–Crippen LogP) is 2.39. The highest BCUT2D eigenvalue weighted by Crippen LogP contribution is 2.38. The highest BCUT2D eigenvalue weighted by molar-refractivity contribution is 5.98. The summed E-state index contributed by atoms with van der Waals surface area (Å²) in [4.78, 5) is 17.6. The molecular formula is C17H20N2O3. The highest BCUT2D eigenvalue weighted by atomic mass is 16.7. The van der Waals surface area contributed by atoms with Crippen molar-refractivity contribution < 1.29 is 14.3 Å². The van der Waals surface area contributed by atoms with Gasteiger partial charge >= 0.3 is 0 Å². The second-order valence-electron chi connectivity index (χ2n) is 6.91. The van der Waals surface area contributed by atoms with Crippen LogP contribution in [0.25, 0.3) is 10.9 Å². The van der Waals surface area contributed by atoms with E-state index in [-0.39, 0.29) is 11.3 Å². The standard InChI is InChI=1S/C17H20N2O3/c1-16(2)21-10-17(11-22-16)8-19(9-17)15(20)14-7-12-5-3-4-6-13(12)18-14/h3-7,18H,8-11H2,1-2H3. The minimum atomic E-state index is -0.507. The molecule has 0 saturated carbocycles. The second-order valence-corrected chi connectivity index (χ2v) is 6.91. The van der Waals surface area contributed by atoms with Gasteiger partial charge < -0.3 is 19.4 Å². The van der Waals surface area contributed by atoms with Gasteiger partial charge in [0.2, 0.25) is 0 Å². The summed E-state index contributed by atoms with van der Waals surface area (Å²) in [6, 6.07) is 9.84. The van der Waals surface area contributed by atoms with E-state index < -0.39 is 5.79 Å². The van der Waals surface area contributed by atoms with Crippen LogP contribution in [-0.2, 0) is 9.47 Å². The number of nitrogens with one attached hydrogen (secondary N) is 1. The van der Waals surface area contributed by atoms with Crippen molar-refractivity contribution in [3.05, 3.63) is 36.0 Å². The van der Waals surface area contributed by atoms with E-state index in [1.165, 1.54) is 0 Å². The van der Waals surface area contributed by atoms with E-state index in [9.17, 15) is 4.79 Å². The Morgan fingerprint density at radius 1 is 1.18 bits per heavy atom. The maximum absolute atomic E-state index is 12.6. The number of aromatic nitrogens is 1. The Labute approximate surface area is 129 Å². The molecule has 0 atom stereocenters. The van der Waals surface area contributed by atoms with Crippen molar-refractivity contribution in [2.75, 3.05) is 26.3 Å². The van der Waals surface area contributed by atoms with E-state index in [0.29, 0.717) is 32.0 Å². The molecule has 2 saturated heterocycles. The molecule has 2 aliphatic rings.